The second-order valence-corrected chi connectivity index (χ2v) is 3.65. The Labute approximate surface area is 110 Å². The minimum absolute atomic E-state index is 0. The van der Waals surface area contributed by atoms with Crippen molar-refractivity contribution in [1.82, 2.24) is 9.80 Å². The predicted molar refractivity (Wildman–Crippen MR) is 70.6 cm³/mol. The average molecular weight is 280 g/mol. The molecule has 0 aliphatic carbocycles. The molecule has 0 amide bonds. The lowest BCUT2D eigenvalue weighted by atomic mass is 10.3. The molecule has 0 atom stereocenters. The number of rotatable bonds is 2. The fourth-order valence-corrected chi connectivity index (χ4v) is 1.03. The van der Waals surface area contributed by atoms with Crippen LogP contribution >= 0.6 is 0 Å². The first kappa shape index (κ1) is 22.0. The highest BCUT2D eigenvalue weighted by Crippen LogP contribution is 2.01. The first-order valence-corrected chi connectivity index (χ1v) is 4.81. The predicted octanol–water partition coefficient (Wildman–Crippen LogP) is -2.98. The molecule has 0 unspecified atom stereocenters. The van der Waals surface area contributed by atoms with Gasteiger partial charge in [-0.05, 0) is 0 Å². The summed E-state index contributed by atoms with van der Waals surface area (Å²) in [6.45, 7) is 0.203. The Balaban J connectivity index is -0.000000244. The molecule has 0 aromatic carbocycles. The molecule has 10 heteroatoms. The van der Waals surface area contributed by atoms with E-state index in [4.69, 9.17) is 21.7 Å². The van der Waals surface area contributed by atoms with Gasteiger partial charge in [0.05, 0.1) is 13.0 Å². The van der Waals surface area contributed by atoms with E-state index in [0.717, 1.165) is 4.90 Å². The molecule has 0 aromatic heterocycles. The summed E-state index contributed by atoms with van der Waals surface area (Å²) >= 11 is 0. The number of nitrogens with one attached hydrogen (secondary N) is 2. The van der Waals surface area contributed by atoms with Gasteiger partial charge in [-0.25, -0.2) is 0 Å². The Hall–Kier alpha value is -2.20. The third-order valence-corrected chi connectivity index (χ3v) is 2.02. The summed E-state index contributed by atoms with van der Waals surface area (Å²) in [6, 6.07) is 0. The van der Waals surface area contributed by atoms with E-state index < -0.39 is 5.97 Å². The van der Waals surface area contributed by atoms with Crippen LogP contribution in [0.15, 0.2) is 0 Å². The highest BCUT2D eigenvalue weighted by Gasteiger charge is 2.19. The summed E-state index contributed by atoms with van der Waals surface area (Å²) in [5.41, 5.74) is 4.93. The average Bonchev–Trinajstić information content (AvgIpc) is 2.43. The van der Waals surface area contributed by atoms with Crippen molar-refractivity contribution in [3.05, 3.63) is 0 Å². The Morgan fingerprint density at radius 3 is 2.16 bits per heavy atom. The minimum Gasteiger partial charge on any atom is -0.480 e. The number of carbonyl (C=O) groups excluding carboxylic acids is 1. The molecule has 19 heavy (non-hydrogen) atoms. The summed E-state index contributed by atoms with van der Waals surface area (Å²) in [7, 11) is 3.20. The molecule has 10 nitrogen and oxygen atoms in total. The summed E-state index contributed by atoms with van der Waals surface area (Å²) in [5, 5.41) is 22.0. The number of hydrogen-bond donors (Lipinski definition) is 4. The molecular formula is C9H22N5O5+. The monoisotopic (exact) mass is 280 g/mol. The van der Waals surface area contributed by atoms with Crippen LogP contribution in [0.5, 0.6) is 0 Å². The SMILES string of the molecule is CN(CC(=O)O)C(=N)N.CN1CC(=O)CC1=N.O.[OH3+]. The topological polar surface area (TPSA) is 199 Å². The fourth-order valence-electron chi connectivity index (χ4n) is 1.03. The number of nitrogens with zero attached hydrogens (tertiary/aromatic N) is 2. The van der Waals surface area contributed by atoms with Crippen LogP contribution in [0, 0.1) is 10.8 Å². The van der Waals surface area contributed by atoms with Crippen molar-refractivity contribution in [3.63, 3.8) is 0 Å². The van der Waals surface area contributed by atoms with Gasteiger partial charge < -0.3 is 31.6 Å². The molecule has 0 aromatic rings. The highest BCUT2D eigenvalue weighted by molar-refractivity contribution is 6.06. The molecule has 10 N–H and O–H groups in total. The number of carboxylic acids is 1. The van der Waals surface area contributed by atoms with Crippen molar-refractivity contribution >= 4 is 23.5 Å². The maximum Gasteiger partial charge on any atom is 0.323 e. The maximum absolute atomic E-state index is 10.5. The molecule has 1 fully saturated rings. The Morgan fingerprint density at radius 2 is 2.05 bits per heavy atom. The maximum atomic E-state index is 10.5. The second kappa shape index (κ2) is 9.79. The molecule has 112 valence electrons. The number of amidine groups is 1. The number of aliphatic carboxylic acids is 1. The normalized spacial score (nSPS) is 12.6. The molecule has 0 radical (unpaired) electrons. The van der Waals surface area contributed by atoms with Crippen LogP contribution < -0.4 is 5.73 Å². The lowest BCUT2D eigenvalue weighted by molar-refractivity contribution is -0.137. The second-order valence-electron chi connectivity index (χ2n) is 3.65. The number of nitrogens with two attached hydrogens (primary N) is 1. The van der Waals surface area contributed by atoms with E-state index in [1.165, 1.54) is 7.05 Å². The highest BCUT2D eigenvalue weighted by atomic mass is 16.4. The Morgan fingerprint density at radius 1 is 1.58 bits per heavy atom. The number of ketones is 1. The number of guanidine groups is 1. The van der Waals surface area contributed by atoms with Crippen LogP contribution in [0.4, 0.5) is 0 Å². The number of Topliss-reactive ketones (excluding diaryl/α,β-unsaturated/α-hetero) is 1. The Kier molecular flexibility index (Phi) is 11.3. The van der Waals surface area contributed by atoms with E-state index in [2.05, 4.69) is 0 Å². The number of hydrogen-bond acceptors (Lipinski definition) is 4. The van der Waals surface area contributed by atoms with Crippen LogP contribution in [0.25, 0.3) is 0 Å². The van der Waals surface area contributed by atoms with E-state index in [1.54, 1.807) is 11.9 Å². The molecule has 1 heterocycles. The van der Waals surface area contributed by atoms with E-state index >= 15 is 0 Å². The van der Waals surface area contributed by atoms with Gasteiger partial charge in [0.15, 0.2) is 11.7 Å². The van der Waals surface area contributed by atoms with E-state index in [1.807, 2.05) is 0 Å². The van der Waals surface area contributed by atoms with Crippen LogP contribution in [0.1, 0.15) is 6.42 Å². The Bertz CT molecular complexity index is 346. The standard InChI is InChI=1S/C5H8N2O.C4H9N3O2.2H2O/c1-7-3-4(8)2-5(7)6;1-7(4(5)6)2-3(8)9;;/h6H,2-3H2,1H3;2H2,1H3,(H3,5,6)(H,8,9);2*1H2/p+1. The van der Waals surface area contributed by atoms with E-state index in [0.29, 0.717) is 18.8 Å². The largest absolute Gasteiger partial charge is 0.480 e. The molecule has 1 aliphatic heterocycles. The summed E-state index contributed by atoms with van der Waals surface area (Å²) in [5.74, 6) is -0.641. The first-order chi connectivity index (χ1) is 7.73. The van der Waals surface area contributed by atoms with Crippen molar-refractivity contribution in [3.8, 4) is 0 Å². The zero-order valence-electron chi connectivity index (χ0n) is 10.9. The van der Waals surface area contributed by atoms with Crippen molar-refractivity contribution in [2.24, 2.45) is 5.73 Å². The van der Waals surface area contributed by atoms with Gasteiger partial charge in [-0.3, -0.25) is 20.4 Å². The van der Waals surface area contributed by atoms with Crippen molar-refractivity contribution < 1.29 is 25.6 Å². The van der Waals surface area contributed by atoms with Gasteiger partial charge in [-0.1, -0.05) is 0 Å². The van der Waals surface area contributed by atoms with Gasteiger partial charge in [-0.15, -0.1) is 0 Å². The molecule has 1 saturated heterocycles. The fraction of sp³-hybridized carbons (Fsp3) is 0.556. The zero-order valence-corrected chi connectivity index (χ0v) is 10.9. The molecule has 1 rings (SSSR count). The van der Waals surface area contributed by atoms with Crippen molar-refractivity contribution in [1.29, 1.82) is 10.8 Å². The van der Waals surface area contributed by atoms with Crippen molar-refractivity contribution in [2.45, 2.75) is 6.42 Å². The van der Waals surface area contributed by atoms with Gasteiger partial charge >= 0.3 is 5.97 Å². The quantitative estimate of drug-likeness (QED) is 0.236. The van der Waals surface area contributed by atoms with Gasteiger partial charge in [0.1, 0.15) is 12.4 Å². The summed E-state index contributed by atoms with van der Waals surface area (Å²) in [4.78, 5) is 23.2. The van der Waals surface area contributed by atoms with Crippen LogP contribution in [-0.2, 0) is 15.1 Å². The number of carbonyl (C=O) groups is 2. The number of likely N-dealkylation sites (N-methyl/N-ethyl adjacent to an activating group) is 2. The lowest BCUT2D eigenvalue weighted by Crippen LogP contribution is -2.36. The molecule has 0 saturated carbocycles. The van der Waals surface area contributed by atoms with Gasteiger partial charge in [-0.2, -0.15) is 0 Å². The molecular weight excluding hydrogens is 258 g/mol. The van der Waals surface area contributed by atoms with Crippen LogP contribution in [0.2, 0.25) is 0 Å². The number of carboxylic acid groups (broad SMARTS) is 1. The van der Waals surface area contributed by atoms with Gasteiger partial charge in [0.25, 0.3) is 0 Å². The lowest BCUT2D eigenvalue weighted by Gasteiger charge is -2.12. The third-order valence-electron chi connectivity index (χ3n) is 2.02. The molecule has 1 aliphatic rings. The summed E-state index contributed by atoms with van der Waals surface area (Å²) in [6.07, 6.45) is 0.330. The van der Waals surface area contributed by atoms with E-state index in [-0.39, 0.29) is 29.2 Å². The smallest absolute Gasteiger partial charge is 0.323 e. The van der Waals surface area contributed by atoms with Gasteiger partial charge in [0, 0.05) is 14.1 Å². The number of likely N-dealkylation sites (tertiary alicyclic amines) is 1. The molecule has 0 bridgehead atoms. The third kappa shape index (κ3) is 9.50. The van der Waals surface area contributed by atoms with Crippen LogP contribution in [-0.4, -0.2) is 71.1 Å². The zero-order chi connectivity index (χ0) is 13.6. The van der Waals surface area contributed by atoms with Crippen molar-refractivity contribution in [2.75, 3.05) is 27.2 Å². The summed E-state index contributed by atoms with van der Waals surface area (Å²) < 4.78 is 0. The minimum atomic E-state index is -0.993. The molecule has 0 spiro atoms. The van der Waals surface area contributed by atoms with Crippen LogP contribution in [0.3, 0.4) is 0 Å². The first-order valence-electron chi connectivity index (χ1n) is 4.81. The van der Waals surface area contributed by atoms with E-state index in [9.17, 15) is 9.59 Å². The van der Waals surface area contributed by atoms with Gasteiger partial charge in [0.2, 0.25) is 0 Å².